The molecular formula is C19H26ClN5O. The Morgan fingerprint density at radius 1 is 1.15 bits per heavy atom. The molecule has 1 fully saturated rings. The second-order valence-corrected chi connectivity index (χ2v) is 7.18. The van der Waals surface area contributed by atoms with E-state index in [-0.39, 0.29) is 6.10 Å². The van der Waals surface area contributed by atoms with Crippen LogP contribution in [0.5, 0.6) is 0 Å². The molecule has 2 aromatic heterocycles. The fourth-order valence-corrected chi connectivity index (χ4v) is 3.20. The van der Waals surface area contributed by atoms with Gasteiger partial charge in [0, 0.05) is 25.0 Å². The summed E-state index contributed by atoms with van der Waals surface area (Å²) in [5.74, 6) is 1.39. The van der Waals surface area contributed by atoms with Crippen molar-refractivity contribution in [2.75, 3.05) is 17.2 Å². The Labute approximate surface area is 159 Å². The molecule has 0 unspecified atom stereocenters. The summed E-state index contributed by atoms with van der Waals surface area (Å²) in [6.07, 6.45) is 8.94. The van der Waals surface area contributed by atoms with Crippen LogP contribution in [0.2, 0.25) is 5.02 Å². The number of hydrogen-bond donors (Lipinski definition) is 3. The number of aliphatic hydroxyl groups excluding tert-OH is 1. The molecule has 2 aromatic rings. The molecule has 2 heterocycles. The van der Waals surface area contributed by atoms with Crippen LogP contribution in [0.3, 0.4) is 0 Å². The molecular weight excluding hydrogens is 350 g/mol. The second-order valence-electron chi connectivity index (χ2n) is 6.75. The maximum absolute atomic E-state index is 9.73. The molecule has 0 bridgehead atoms. The summed E-state index contributed by atoms with van der Waals surface area (Å²) in [6, 6.07) is 3.99. The fraction of sp³-hybridized carbons (Fsp3) is 0.526. The maximum atomic E-state index is 9.73. The maximum Gasteiger partial charge on any atom is 0.224 e. The third kappa shape index (κ3) is 5.05. The topological polar surface area (TPSA) is 83.0 Å². The predicted octanol–water partition coefficient (Wildman–Crippen LogP) is 4.12. The minimum atomic E-state index is -0.179. The molecule has 0 radical (unpaired) electrons. The Bertz CT molecular complexity index is 702. The molecule has 0 amide bonds. The van der Waals surface area contributed by atoms with Crippen molar-refractivity contribution in [2.24, 2.45) is 0 Å². The number of halogens is 1. The highest BCUT2D eigenvalue weighted by Crippen LogP contribution is 2.29. The van der Waals surface area contributed by atoms with Gasteiger partial charge in [0.2, 0.25) is 5.95 Å². The van der Waals surface area contributed by atoms with Gasteiger partial charge in [-0.05, 0) is 44.2 Å². The molecule has 3 rings (SSSR count). The molecule has 0 spiro atoms. The van der Waals surface area contributed by atoms with Crippen LogP contribution in [-0.2, 0) is 0 Å². The molecule has 6 nitrogen and oxygen atoms in total. The SMILES string of the molecule is CCCCNc1ncc(-c2ccc(Cl)cn2)c(N[C@H]2CC[C@H](O)CC2)n1. The van der Waals surface area contributed by atoms with Crippen LogP contribution in [0.1, 0.15) is 45.4 Å². The summed E-state index contributed by atoms with van der Waals surface area (Å²) < 4.78 is 0. The summed E-state index contributed by atoms with van der Waals surface area (Å²) in [6.45, 7) is 3.01. The van der Waals surface area contributed by atoms with E-state index >= 15 is 0 Å². The average molecular weight is 376 g/mol. The molecule has 26 heavy (non-hydrogen) atoms. The van der Waals surface area contributed by atoms with Crippen molar-refractivity contribution in [3.8, 4) is 11.3 Å². The first-order valence-electron chi connectivity index (χ1n) is 9.33. The average Bonchev–Trinajstić information content (AvgIpc) is 2.65. The molecule has 1 saturated carbocycles. The van der Waals surface area contributed by atoms with Gasteiger partial charge in [0.15, 0.2) is 0 Å². The van der Waals surface area contributed by atoms with Gasteiger partial charge in [-0.2, -0.15) is 4.98 Å². The van der Waals surface area contributed by atoms with Gasteiger partial charge in [-0.3, -0.25) is 4.98 Å². The van der Waals surface area contributed by atoms with Crippen LogP contribution in [-0.4, -0.2) is 38.7 Å². The normalized spacial score (nSPS) is 20.0. The molecule has 0 atom stereocenters. The van der Waals surface area contributed by atoms with Crippen molar-refractivity contribution >= 4 is 23.4 Å². The van der Waals surface area contributed by atoms with Gasteiger partial charge in [-0.15, -0.1) is 0 Å². The van der Waals surface area contributed by atoms with E-state index in [0.717, 1.165) is 62.1 Å². The van der Waals surface area contributed by atoms with Crippen LogP contribution < -0.4 is 10.6 Å². The molecule has 0 saturated heterocycles. The number of hydrogen-bond acceptors (Lipinski definition) is 6. The fourth-order valence-electron chi connectivity index (χ4n) is 3.09. The summed E-state index contributed by atoms with van der Waals surface area (Å²) >= 11 is 5.96. The van der Waals surface area contributed by atoms with Crippen molar-refractivity contribution < 1.29 is 5.11 Å². The van der Waals surface area contributed by atoms with Crippen LogP contribution in [0, 0.1) is 0 Å². The minimum absolute atomic E-state index is 0.179. The lowest BCUT2D eigenvalue weighted by molar-refractivity contribution is 0.126. The molecule has 1 aliphatic rings. The highest BCUT2D eigenvalue weighted by atomic mass is 35.5. The van der Waals surface area contributed by atoms with E-state index in [1.165, 1.54) is 0 Å². The zero-order chi connectivity index (χ0) is 18.4. The van der Waals surface area contributed by atoms with E-state index < -0.39 is 0 Å². The van der Waals surface area contributed by atoms with E-state index in [4.69, 9.17) is 11.6 Å². The van der Waals surface area contributed by atoms with E-state index in [2.05, 4.69) is 32.5 Å². The zero-order valence-corrected chi connectivity index (χ0v) is 15.8. The number of aliphatic hydroxyl groups is 1. The zero-order valence-electron chi connectivity index (χ0n) is 15.1. The third-order valence-corrected chi connectivity index (χ3v) is 4.87. The minimum Gasteiger partial charge on any atom is -0.393 e. The van der Waals surface area contributed by atoms with Gasteiger partial charge in [0.25, 0.3) is 0 Å². The first-order chi connectivity index (χ1) is 12.7. The van der Waals surface area contributed by atoms with Crippen molar-refractivity contribution in [1.29, 1.82) is 0 Å². The Morgan fingerprint density at radius 2 is 1.96 bits per heavy atom. The highest BCUT2D eigenvalue weighted by Gasteiger charge is 2.21. The number of aromatic nitrogens is 3. The van der Waals surface area contributed by atoms with E-state index in [0.29, 0.717) is 17.0 Å². The Balaban J connectivity index is 1.83. The van der Waals surface area contributed by atoms with Gasteiger partial charge in [0.1, 0.15) is 5.82 Å². The molecule has 0 aliphatic heterocycles. The second kappa shape index (κ2) is 9.14. The van der Waals surface area contributed by atoms with Crippen LogP contribution in [0.15, 0.2) is 24.5 Å². The van der Waals surface area contributed by atoms with E-state index in [1.807, 2.05) is 12.1 Å². The summed E-state index contributed by atoms with van der Waals surface area (Å²) in [7, 11) is 0. The molecule has 140 valence electrons. The Kier molecular flexibility index (Phi) is 6.63. The lowest BCUT2D eigenvalue weighted by Crippen LogP contribution is -2.29. The first-order valence-corrected chi connectivity index (χ1v) is 9.71. The number of anilines is 2. The quantitative estimate of drug-likeness (QED) is 0.631. The molecule has 3 N–H and O–H groups in total. The highest BCUT2D eigenvalue weighted by molar-refractivity contribution is 6.30. The van der Waals surface area contributed by atoms with Gasteiger partial charge in [-0.1, -0.05) is 24.9 Å². The number of unbranched alkanes of at least 4 members (excludes halogenated alkanes) is 1. The number of pyridine rings is 1. The van der Waals surface area contributed by atoms with Gasteiger partial charge < -0.3 is 15.7 Å². The van der Waals surface area contributed by atoms with Crippen molar-refractivity contribution in [1.82, 2.24) is 15.0 Å². The standard InChI is InChI=1S/C19H26ClN5O/c1-2-3-10-21-19-23-12-16(17-9-4-13(20)11-22-17)18(25-19)24-14-5-7-15(26)8-6-14/h4,9,11-12,14-15,26H,2-3,5-8,10H2,1H3,(H2,21,23,24,25)/t14-,15-. The van der Waals surface area contributed by atoms with Crippen molar-refractivity contribution in [2.45, 2.75) is 57.6 Å². The van der Waals surface area contributed by atoms with Gasteiger partial charge in [-0.25, -0.2) is 4.98 Å². The predicted molar refractivity (Wildman–Crippen MR) is 106 cm³/mol. The van der Waals surface area contributed by atoms with Gasteiger partial charge in [0.05, 0.1) is 22.4 Å². The van der Waals surface area contributed by atoms with Crippen molar-refractivity contribution in [3.63, 3.8) is 0 Å². The van der Waals surface area contributed by atoms with Gasteiger partial charge >= 0.3 is 0 Å². The molecule has 7 heteroatoms. The summed E-state index contributed by atoms with van der Waals surface area (Å²) in [5, 5.41) is 17.1. The van der Waals surface area contributed by atoms with E-state index in [1.54, 1.807) is 12.4 Å². The molecule has 0 aromatic carbocycles. The van der Waals surface area contributed by atoms with Crippen LogP contribution in [0.25, 0.3) is 11.3 Å². The number of nitrogens with zero attached hydrogens (tertiary/aromatic N) is 3. The Hall–Kier alpha value is -1.92. The first kappa shape index (κ1) is 18.9. The lowest BCUT2D eigenvalue weighted by Gasteiger charge is -2.27. The Morgan fingerprint density at radius 3 is 2.65 bits per heavy atom. The largest absolute Gasteiger partial charge is 0.393 e. The van der Waals surface area contributed by atoms with Crippen LogP contribution in [0.4, 0.5) is 11.8 Å². The smallest absolute Gasteiger partial charge is 0.224 e. The summed E-state index contributed by atoms with van der Waals surface area (Å²) in [5.41, 5.74) is 1.64. The monoisotopic (exact) mass is 375 g/mol. The number of rotatable bonds is 7. The lowest BCUT2D eigenvalue weighted by atomic mass is 9.93. The van der Waals surface area contributed by atoms with E-state index in [9.17, 15) is 5.11 Å². The molecule has 1 aliphatic carbocycles. The third-order valence-electron chi connectivity index (χ3n) is 4.64. The van der Waals surface area contributed by atoms with Crippen LogP contribution >= 0.6 is 11.6 Å². The summed E-state index contributed by atoms with van der Waals surface area (Å²) in [4.78, 5) is 13.5. The van der Waals surface area contributed by atoms with Crippen molar-refractivity contribution in [3.05, 3.63) is 29.5 Å². The number of nitrogens with one attached hydrogen (secondary N) is 2.